The topological polar surface area (TPSA) is 47.3 Å². The van der Waals surface area contributed by atoms with Crippen molar-refractivity contribution >= 4 is 5.69 Å². The van der Waals surface area contributed by atoms with Gasteiger partial charge in [-0.15, -0.1) is 0 Å². The molecule has 0 aliphatic heterocycles. The van der Waals surface area contributed by atoms with Gasteiger partial charge in [0.2, 0.25) is 0 Å². The smallest absolute Gasteiger partial charge is 0.119 e. The molecule has 3 nitrogen and oxygen atoms in total. The van der Waals surface area contributed by atoms with Gasteiger partial charge >= 0.3 is 0 Å². The van der Waals surface area contributed by atoms with Gasteiger partial charge < -0.3 is 15.8 Å². The van der Waals surface area contributed by atoms with E-state index in [2.05, 4.69) is 36.5 Å². The van der Waals surface area contributed by atoms with Crippen molar-refractivity contribution < 1.29 is 4.74 Å². The number of methoxy groups -OCH3 is 1. The Morgan fingerprint density at radius 3 is 2.29 bits per heavy atom. The zero-order valence-corrected chi connectivity index (χ0v) is 12.8. The van der Waals surface area contributed by atoms with Crippen molar-refractivity contribution in [1.29, 1.82) is 0 Å². The highest BCUT2D eigenvalue weighted by Gasteiger charge is 2.13. The average molecular weight is 284 g/mol. The Morgan fingerprint density at radius 1 is 1.05 bits per heavy atom. The molecule has 0 bridgehead atoms. The molecule has 112 valence electrons. The van der Waals surface area contributed by atoms with Crippen LogP contribution in [0.15, 0.2) is 54.6 Å². The lowest BCUT2D eigenvalue weighted by molar-refractivity contribution is 0.415. The summed E-state index contributed by atoms with van der Waals surface area (Å²) < 4.78 is 5.17. The van der Waals surface area contributed by atoms with Crippen LogP contribution in [-0.2, 0) is 0 Å². The fraction of sp³-hybridized carbons (Fsp3) is 0.333. The van der Waals surface area contributed by atoms with E-state index in [4.69, 9.17) is 10.5 Å². The molecule has 0 aliphatic carbocycles. The molecule has 0 heterocycles. The summed E-state index contributed by atoms with van der Waals surface area (Å²) in [5.41, 5.74) is 8.35. The SMILES string of the molecule is COc1ccc(NC(CN)CC(C)c2ccccc2)cc1. The van der Waals surface area contributed by atoms with Crippen molar-refractivity contribution in [2.45, 2.75) is 25.3 Å². The minimum absolute atomic E-state index is 0.258. The third-order valence-corrected chi connectivity index (χ3v) is 3.75. The summed E-state index contributed by atoms with van der Waals surface area (Å²) in [4.78, 5) is 0. The molecule has 3 heteroatoms. The van der Waals surface area contributed by atoms with Crippen LogP contribution in [0.3, 0.4) is 0 Å². The van der Waals surface area contributed by atoms with Crippen LogP contribution in [0.1, 0.15) is 24.8 Å². The Morgan fingerprint density at radius 2 is 1.71 bits per heavy atom. The molecule has 2 aromatic carbocycles. The quantitative estimate of drug-likeness (QED) is 0.816. The number of hydrogen-bond donors (Lipinski definition) is 2. The number of hydrogen-bond acceptors (Lipinski definition) is 3. The highest BCUT2D eigenvalue weighted by atomic mass is 16.5. The molecule has 2 unspecified atom stereocenters. The molecule has 0 aromatic heterocycles. The van der Waals surface area contributed by atoms with E-state index in [1.54, 1.807) is 7.11 Å². The van der Waals surface area contributed by atoms with Crippen LogP contribution in [0, 0.1) is 0 Å². The maximum Gasteiger partial charge on any atom is 0.119 e. The first-order valence-electron chi connectivity index (χ1n) is 7.38. The van der Waals surface area contributed by atoms with E-state index in [0.29, 0.717) is 12.5 Å². The predicted molar refractivity (Wildman–Crippen MR) is 88.9 cm³/mol. The van der Waals surface area contributed by atoms with E-state index >= 15 is 0 Å². The van der Waals surface area contributed by atoms with Gasteiger partial charge in [-0.05, 0) is 42.2 Å². The Hall–Kier alpha value is -2.00. The van der Waals surface area contributed by atoms with E-state index in [1.807, 2.05) is 30.3 Å². The van der Waals surface area contributed by atoms with E-state index in [-0.39, 0.29) is 6.04 Å². The van der Waals surface area contributed by atoms with Crippen molar-refractivity contribution in [3.63, 3.8) is 0 Å². The van der Waals surface area contributed by atoms with Crippen LogP contribution in [0.2, 0.25) is 0 Å². The van der Waals surface area contributed by atoms with Gasteiger partial charge in [0.1, 0.15) is 5.75 Å². The summed E-state index contributed by atoms with van der Waals surface area (Å²) in [6, 6.07) is 18.8. The van der Waals surface area contributed by atoms with E-state index in [1.165, 1.54) is 5.56 Å². The molecule has 2 atom stereocenters. The molecule has 0 aliphatic rings. The zero-order chi connectivity index (χ0) is 15.1. The summed E-state index contributed by atoms with van der Waals surface area (Å²) in [5.74, 6) is 1.34. The van der Waals surface area contributed by atoms with Crippen LogP contribution >= 0.6 is 0 Å². The lowest BCUT2D eigenvalue weighted by Crippen LogP contribution is -2.30. The number of anilines is 1. The monoisotopic (exact) mass is 284 g/mol. The molecular weight excluding hydrogens is 260 g/mol. The highest BCUT2D eigenvalue weighted by Crippen LogP contribution is 2.22. The molecule has 2 aromatic rings. The third-order valence-electron chi connectivity index (χ3n) is 3.75. The summed E-state index contributed by atoms with van der Waals surface area (Å²) in [6.45, 7) is 2.86. The lowest BCUT2D eigenvalue weighted by atomic mass is 9.94. The maximum absolute atomic E-state index is 5.92. The molecule has 0 spiro atoms. The fourth-order valence-corrected chi connectivity index (χ4v) is 2.48. The maximum atomic E-state index is 5.92. The van der Waals surface area contributed by atoms with Gasteiger partial charge in [-0.3, -0.25) is 0 Å². The lowest BCUT2D eigenvalue weighted by Gasteiger charge is -2.22. The number of nitrogens with one attached hydrogen (secondary N) is 1. The molecule has 0 saturated heterocycles. The molecule has 3 N–H and O–H groups in total. The Kier molecular flexibility index (Phi) is 5.64. The predicted octanol–water partition coefficient (Wildman–Crippen LogP) is 3.63. The summed E-state index contributed by atoms with van der Waals surface area (Å²) in [5, 5.41) is 3.50. The Bertz CT molecular complexity index is 525. The second-order valence-electron chi connectivity index (χ2n) is 5.35. The Labute approximate surface area is 127 Å². The zero-order valence-electron chi connectivity index (χ0n) is 12.8. The molecule has 0 saturated carbocycles. The third kappa shape index (κ3) is 4.50. The first-order valence-corrected chi connectivity index (χ1v) is 7.38. The molecule has 0 amide bonds. The normalized spacial score (nSPS) is 13.5. The Balaban J connectivity index is 1.96. The summed E-state index contributed by atoms with van der Waals surface area (Å²) in [7, 11) is 1.67. The second kappa shape index (κ2) is 7.70. The van der Waals surface area contributed by atoms with Crippen molar-refractivity contribution in [2.24, 2.45) is 5.73 Å². The molecular formula is C18H24N2O. The molecule has 0 radical (unpaired) electrons. The average Bonchev–Trinajstić information content (AvgIpc) is 2.55. The van der Waals surface area contributed by atoms with Crippen LogP contribution in [0.25, 0.3) is 0 Å². The van der Waals surface area contributed by atoms with Crippen LogP contribution in [0.5, 0.6) is 5.75 Å². The van der Waals surface area contributed by atoms with Gasteiger partial charge in [0.05, 0.1) is 7.11 Å². The van der Waals surface area contributed by atoms with E-state index in [0.717, 1.165) is 17.9 Å². The number of ether oxygens (including phenoxy) is 1. The molecule has 0 fully saturated rings. The van der Waals surface area contributed by atoms with E-state index < -0.39 is 0 Å². The highest BCUT2D eigenvalue weighted by molar-refractivity contribution is 5.47. The molecule has 2 rings (SSSR count). The van der Waals surface area contributed by atoms with E-state index in [9.17, 15) is 0 Å². The minimum Gasteiger partial charge on any atom is -0.497 e. The first kappa shape index (κ1) is 15.4. The molecule has 21 heavy (non-hydrogen) atoms. The fourth-order valence-electron chi connectivity index (χ4n) is 2.48. The van der Waals surface area contributed by atoms with Crippen LogP contribution < -0.4 is 15.8 Å². The van der Waals surface area contributed by atoms with Gasteiger partial charge in [-0.2, -0.15) is 0 Å². The van der Waals surface area contributed by atoms with Crippen LogP contribution in [0.4, 0.5) is 5.69 Å². The van der Waals surface area contributed by atoms with Crippen molar-refractivity contribution in [2.75, 3.05) is 19.0 Å². The van der Waals surface area contributed by atoms with Gasteiger partial charge in [0.25, 0.3) is 0 Å². The van der Waals surface area contributed by atoms with Crippen molar-refractivity contribution in [3.05, 3.63) is 60.2 Å². The minimum atomic E-state index is 0.258. The largest absolute Gasteiger partial charge is 0.497 e. The second-order valence-corrected chi connectivity index (χ2v) is 5.35. The number of benzene rings is 2. The first-order chi connectivity index (χ1) is 10.2. The summed E-state index contributed by atoms with van der Waals surface area (Å²) >= 11 is 0. The van der Waals surface area contributed by atoms with Gasteiger partial charge in [0, 0.05) is 18.3 Å². The summed E-state index contributed by atoms with van der Waals surface area (Å²) in [6.07, 6.45) is 1.01. The van der Waals surface area contributed by atoms with Gasteiger partial charge in [-0.1, -0.05) is 37.3 Å². The number of nitrogens with two attached hydrogens (primary N) is 1. The van der Waals surface area contributed by atoms with Crippen molar-refractivity contribution in [1.82, 2.24) is 0 Å². The van der Waals surface area contributed by atoms with Gasteiger partial charge in [0.15, 0.2) is 0 Å². The number of rotatable bonds is 7. The van der Waals surface area contributed by atoms with Gasteiger partial charge in [-0.25, -0.2) is 0 Å². The standard InChI is InChI=1S/C18H24N2O/c1-14(15-6-4-3-5-7-15)12-17(13-19)20-16-8-10-18(21-2)11-9-16/h3-11,14,17,20H,12-13,19H2,1-2H3. The van der Waals surface area contributed by atoms with Crippen LogP contribution in [-0.4, -0.2) is 19.7 Å². The van der Waals surface area contributed by atoms with Crippen molar-refractivity contribution in [3.8, 4) is 5.75 Å².